The molecule has 0 aliphatic carbocycles. The molecular formula is C51H97NO5. The Morgan fingerprint density at radius 2 is 0.825 bits per heavy atom. The van der Waals surface area contributed by atoms with E-state index in [9.17, 15) is 19.8 Å². The van der Waals surface area contributed by atoms with Gasteiger partial charge in [0.15, 0.2) is 0 Å². The number of nitrogens with one attached hydrogen (secondary N) is 1. The van der Waals surface area contributed by atoms with Crippen molar-refractivity contribution in [2.45, 2.75) is 276 Å². The quantitative estimate of drug-likeness (QED) is 0.0324. The molecule has 0 bridgehead atoms. The molecule has 0 aliphatic rings. The minimum Gasteiger partial charge on any atom is -0.466 e. The number of carbonyl (C=O) groups excluding carboxylic acids is 2. The maximum atomic E-state index is 12.4. The first-order valence-electron chi connectivity index (χ1n) is 25.1. The van der Waals surface area contributed by atoms with Gasteiger partial charge in [0.05, 0.1) is 25.4 Å². The van der Waals surface area contributed by atoms with Crippen LogP contribution in [0.3, 0.4) is 0 Å². The smallest absolute Gasteiger partial charge is 0.305 e. The van der Waals surface area contributed by atoms with Crippen molar-refractivity contribution in [3.05, 3.63) is 24.3 Å². The maximum absolute atomic E-state index is 12.4. The van der Waals surface area contributed by atoms with Crippen molar-refractivity contribution in [2.24, 2.45) is 0 Å². The van der Waals surface area contributed by atoms with Crippen LogP contribution in [0.2, 0.25) is 0 Å². The summed E-state index contributed by atoms with van der Waals surface area (Å²) in [6, 6.07) is -0.637. The van der Waals surface area contributed by atoms with Gasteiger partial charge in [0.1, 0.15) is 0 Å². The highest BCUT2D eigenvalue weighted by molar-refractivity contribution is 5.76. The van der Waals surface area contributed by atoms with Gasteiger partial charge in [0.2, 0.25) is 5.91 Å². The van der Waals surface area contributed by atoms with Gasteiger partial charge < -0.3 is 20.3 Å². The van der Waals surface area contributed by atoms with Gasteiger partial charge in [-0.25, -0.2) is 0 Å². The molecule has 0 spiro atoms. The summed E-state index contributed by atoms with van der Waals surface area (Å²) in [6.07, 6.45) is 54.6. The molecule has 6 heteroatoms. The number of amides is 1. The number of hydrogen-bond acceptors (Lipinski definition) is 5. The van der Waals surface area contributed by atoms with E-state index in [4.69, 9.17) is 4.74 Å². The van der Waals surface area contributed by atoms with Gasteiger partial charge in [-0.3, -0.25) is 9.59 Å². The topological polar surface area (TPSA) is 95.9 Å². The van der Waals surface area contributed by atoms with Crippen molar-refractivity contribution >= 4 is 11.9 Å². The molecule has 0 saturated heterocycles. The van der Waals surface area contributed by atoms with Crippen LogP contribution in [-0.4, -0.2) is 47.4 Å². The molecule has 336 valence electrons. The molecular weight excluding hydrogens is 707 g/mol. The highest BCUT2D eigenvalue weighted by Gasteiger charge is 2.18. The summed E-state index contributed by atoms with van der Waals surface area (Å²) in [5, 5.41) is 23.0. The SMILES string of the molecule is CCCCCCCCCCCCC/C=C/C(O)C(CO)NC(=O)CCCCCCCCC/C=C\CCCCCCOC(=O)CCCCCCCCCCCCCC. The number of allylic oxidation sites excluding steroid dienone is 3. The zero-order chi connectivity index (χ0) is 41.5. The third kappa shape index (κ3) is 43.7. The summed E-state index contributed by atoms with van der Waals surface area (Å²) >= 11 is 0. The summed E-state index contributed by atoms with van der Waals surface area (Å²) in [4.78, 5) is 24.4. The Kier molecular flexibility index (Phi) is 45.7. The lowest BCUT2D eigenvalue weighted by Gasteiger charge is -2.20. The lowest BCUT2D eigenvalue weighted by atomic mass is 10.0. The highest BCUT2D eigenvalue weighted by atomic mass is 16.5. The van der Waals surface area contributed by atoms with E-state index in [2.05, 4.69) is 31.3 Å². The minimum absolute atomic E-state index is 0.0110. The minimum atomic E-state index is -0.852. The summed E-state index contributed by atoms with van der Waals surface area (Å²) in [6.45, 7) is 4.86. The molecule has 6 nitrogen and oxygen atoms in total. The average Bonchev–Trinajstić information content (AvgIpc) is 3.21. The second-order valence-electron chi connectivity index (χ2n) is 17.1. The molecule has 0 aromatic rings. The molecule has 0 saturated carbocycles. The fraction of sp³-hybridized carbons (Fsp3) is 0.882. The van der Waals surface area contributed by atoms with Crippen LogP contribution in [0.25, 0.3) is 0 Å². The van der Waals surface area contributed by atoms with Gasteiger partial charge in [-0.15, -0.1) is 0 Å². The van der Waals surface area contributed by atoms with E-state index in [1.54, 1.807) is 6.08 Å². The van der Waals surface area contributed by atoms with Gasteiger partial charge in [-0.1, -0.05) is 218 Å². The van der Waals surface area contributed by atoms with Crippen molar-refractivity contribution < 1.29 is 24.5 Å². The number of hydrogen-bond donors (Lipinski definition) is 3. The van der Waals surface area contributed by atoms with Crippen LogP contribution >= 0.6 is 0 Å². The average molecular weight is 804 g/mol. The predicted octanol–water partition coefficient (Wildman–Crippen LogP) is 14.7. The second-order valence-corrected chi connectivity index (χ2v) is 17.1. The van der Waals surface area contributed by atoms with Crippen molar-refractivity contribution in [3.8, 4) is 0 Å². The molecule has 0 aliphatic heterocycles. The zero-order valence-corrected chi connectivity index (χ0v) is 38.1. The Hall–Kier alpha value is -1.66. The number of aliphatic hydroxyl groups is 2. The van der Waals surface area contributed by atoms with Crippen LogP contribution in [0, 0.1) is 0 Å². The molecule has 1 amide bonds. The first-order chi connectivity index (χ1) is 28.0. The molecule has 2 atom stereocenters. The molecule has 0 radical (unpaired) electrons. The first-order valence-corrected chi connectivity index (χ1v) is 25.1. The molecule has 57 heavy (non-hydrogen) atoms. The van der Waals surface area contributed by atoms with Gasteiger partial charge in [-0.2, -0.15) is 0 Å². The highest BCUT2D eigenvalue weighted by Crippen LogP contribution is 2.15. The number of esters is 1. The molecule has 0 rings (SSSR count). The standard InChI is InChI=1S/C51H97NO5/c1-3-5-7-9-11-13-15-20-23-27-31-35-39-43-49(54)48(47-53)52-50(55)44-40-36-32-28-24-21-18-17-19-22-26-30-34-38-42-46-57-51(56)45-41-37-33-29-25-16-14-12-10-8-6-4-2/h19,22,39,43,48-49,53-54H,3-18,20-21,23-38,40-42,44-47H2,1-2H3,(H,52,55)/b22-19-,43-39+. The monoisotopic (exact) mass is 804 g/mol. The van der Waals surface area contributed by atoms with Gasteiger partial charge in [0.25, 0.3) is 0 Å². The van der Waals surface area contributed by atoms with E-state index in [1.807, 2.05) is 6.08 Å². The summed E-state index contributed by atoms with van der Waals surface area (Å²) in [7, 11) is 0. The number of aliphatic hydroxyl groups excluding tert-OH is 2. The van der Waals surface area contributed by atoms with Crippen molar-refractivity contribution in [1.29, 1.82) is 0 Å². The molecule has 0 aromatic heterocycles. The third-order valence-electron chi connectivity index (χ3n) is 11.5. The van der Waals surface area contributed by atoms with Gasteiger partial charge in [0, 0.05) is 12.8 Å². The molecule has 2 unspecified atom stereocenters. The van der Waals surface area contributed by atoms with Crippen LogP contribution in [0.5, 0.6) is 0 Å². The maximum Gasteiger partial charge on any atom is 0.305 e. The van der Waals surface area contributed by atoms with Crippen LogP contribution in [0.4, 0.5) is 0 Å². The largest absolute Gasteiger partial charge is 0.466 e. The fourth-order valence-corrected chi connectivity index (χ4v) is 7.57. The van der Waals surface area contributed by atoms with E-state index in [-0.39, 0.29) is 18.5 Å². The molecule has 0 aromatic carbocycles. The van der Waals surface area contributed by atoms with E-state index >= 15 is 0 Å². The molecule has 3 N–H and O–H groups in total. The van der Waals surface area contributed by atoms with Crippen molar-refractivity contribution in [2.75, 3.05) is 13.2 Å². The lowest BCUT2D eigenvalue weighted by molar-refractivity contribution is -0.143. The van der Waals surface area contributed by atoms with Gasteiger partial charge >= 0.3 is 5.97 Å². The summed E-state index contributed by atoms with van der Waals surface area (Å²) in [5.41, 5.74) is 0. The van der Waals surface area contributed by atoms with Gasteiger partial charge in [-0.05, 0) is 57.8 Å². The Morgan fingerprint density at radius 3 is 1.25 bits per heavy atom. The normalized spacial score (nSPS) is 12.8. The number of carbonyl (C=O) groups is 2. The number of ether oxygens (including phenoxy) is 1. The second kappa shape index (κ2) is 47.0. The van der Waals surface area contributed by atoms with E-state index in [0.717, 1.165) is 70.6 Å². The van der Waals surface area contributed by atoms with Crippen molar-refractivity contribution in [1.82, 2.24) is 5.32 Å². The van der Waals surface area contributed by atoms with Crippen LogP contribution in [0.15, 0.2) is 24.3 Å². The van der Waals surface area contributed by atoms with Crippen LogP contribution < -0.4 is 5.32 Å². The fourth-order valence-electron chi connectivity index (χ4n) is 7.57. The van der Waals surface area contributed by atoms with Crippen LogP contribution in [0.1, 0.15) is 264 Å². The molecule has 0 fully saturated rings. The number of rotatable bonds is 46. The Morgan fingerprint density at radius 1 is 0.474 bits per heavy atom. The lowest BCUT2D eigenvalue weighted by Crippen LogP contribution is -2.45. The summed E-state index contributed by atoms with van der Waals surface area (Å²) in [5.74, 6) is -0.0948. The van der Waals surface area contributed by atoms with E-state index < -0.39 is 12.1 Å². The Bertz CT molecular complexity index is 889. The molecule has 0 heterocycles. The van der Waals surface area contributed by atoms with Crippen LogP contribution in [-0.2, 0) is 14.3 Å². The van der Waals surface area contributed by atoms with E-state index in [0.29, 0.717) is 19.4 Å². The predicted molar refractivity (Wildman–Crippen MR) is 246 cm³/mol. The van der Waals surface area contributed by atoms with E-state index in [1.165, 1.54) is 167 Å². The van der Waals surface area contributed by atoms with Crippen molar-refractivity contribution in [3.63, 3.8) is 0 Å². The summed E-state index contributed by atoms with van der Waals surface area (Å²) < 4.78 is 5.44. The Balaban J connectivity index is 3.51. The Labute approximate surface area is 354 Å². The third-order valence-corrected chi connectivity index (χ3v) is 11.5. The number of unbranched alkanes of at least 4 members (excludes halogenated alkanes) is 33. The first kappa shape index (κ1) is 55.3. The zero-order valence-electron chi connectivity index (χ0n) is 38.1.